The summed E-state index contributed by atoms with van der Waals surface area (Å²) in [6, 6.07) is 0. The van der Waals surface area contributed by atoms with Crippen molar-refractivity contribution < 1.29 is 30.3 Å². The number of fused-ring (bicyclic) bond motifs is 1. The van der Waals surface area contributed by atoms with E-state index in [1.54, 1.807) is 0 Å². The number of imidazole rings is 1. The molecule has 0 fully saturated rings. The van der Waals surface area contributed by atoms with E-state index < -0.39 is 37.3 Å². The molecular weight excluding hydrogens is 296 g/mol. The Kier molecular flexibility index (Phi) is 5.34. The molecule has 22 heavy (non-hydrogen) atoms. The van der Waals surface area contributed by atoms with E-state index in [0.717, 1.165) is 0 Å². The van der Waals surface area contributed by atoms with Crippen molar-refractivity contribution in [2.45, 2.75) is 30.6 Å². The minimum Gasteiger partial charge on any atom is -0.394 e. The van der Waals surface area contributed by atoms with Gasteiger partial charge in [-0.1, -0.05) is 0 Å². The van der Waals surface area contributed by atoms with Gasteiger partial charge in [-0.25, -0.2) is 15.0 Å². The Morgan fingerprint density at radius 3 is 2.50 bits per heavy atom. The van der Waals surface area contributed by atoms with Gasteiger partial charge < -0.3 is 30.3 Å². The minimum atomic E-state index is -1.76. The van der Waals surface area contributed by atoms with Gasteiger partial charge in [-0.15, -0.1) is 0 Å². The SMILES string of the molecule is CO[C@@H]([C@@H](O)[C@H](O)[C@H](O)[C@H](O)CO)n1cnc2cncnc21. The van der Waals surface area contributed by atoms with E-state index in [1.165, 1.54) is 30.5 Å². The van der Waals surface area contributed by atoms with Gasteiger partial charge in [-0.3, -0.25) is 4.57 Å². The van der Waals surface area contributed by atoms with Crippen LogP contribution in [0.2, 0.25) is 0 Å². The van der Waals surface area contributed by atoms with Gasteiger partial charge in [0.15, 0.2) is 11.9 Å². The Bertz CT molecular complexity index is 608. The first-order valence-electron chi connectivity index (χ1n) is 6.49. The van der Waals surface area contributed by atoms with Crippen molar-refractivity contribution >= 4 is 11.2 Å². The highest BCUT2D eigenvalue weighted by Crippen LogP contribution is 2.22. The summed E-state index contributed by atoms with van der Waals surface area (Å²) < 4.78 is 6.51. The van der Waals surface area contributed by atoms with Gasteiger partial charge in [0.1, 0.15) is 36.3 Å². The Morgan fingerprint density at radius 2 is 1.86 bits per heavy atom. The van der Waals surface area contributed by atoms with Crippen LogP contribution in [0.3, 0.4) is 0 Å². The van der Waals surface area contributed by atoms with Gasteiger partial charge in [-0.05, 0) is 0 Å². The van der Waals surface area contributed by atoms with E-state index in [2.05, 4.69) is 15.0 Å². The Labute approximate surface area is 125 Å². The molecule has 10 nitrogen and oxygen atoms in total. The van der Waals surface area contributed by atoms with Gasteiger partial charge in [0, 0.05) is 7.11 Å². The monoisotopic (exact) mass is 314 g/mol. The highest BCUT2D eigenvalue weighted by atomic mass is 16.5. The third-order valence-corrected chi connectivity index (χ3v) is 3.33. The molecule has 2 aromatic rings. The highest BCUT2D eigenvalue weighted by Gasteiger charge is 2.36. The first kappa shape index (κ1) is 16.7. The molecule has 0 aliphatic rings. The Balaban J connectivity index is 2.27. The van der Waals surface area contributed by atoms with Crippen molar-refractivity contribution in [1.82, 2.24) is 19.5 Å². The second-order valence-electron chi connectivity index (χ2n) is 4.73. The van der Waals surface area contributed by atoms with E-state index in [1.807, 2.05) is 0 Å². The van der Waals surface area contributed by atoms with E-state index >= 15 is 0 Å². The molecule has 0 bridgehead atoms. The van der Waals surface area contributed by atoms with Crippen LogP contribution < -0.4 is 0 Å². The van der Waals surface area contributed by atoms with Gasteiger partial charge >= 0.3 is 0 Å². The molecule has 0 saturated carbocycles. The summed E-state index contributed by atoms with van der Waals surface area (Å²) in [5, 5.41) is 48.0. The summed E-state index contributed by atoms with van der Waals surface area (Å²) in [4.78, 5) is 11.9. The minimum absolute atomic E-state index is 0.366. The summed E-state index contributed by atoms with van der Waals surface area (Å²) in [5.74, 6) is 0. The zero-order valence-corrected chi connectivity index (χ0v) is 11.8. The van der Waals surface area contributed by atoms with Crippen molar-refractivity contribution in [3.05, 3.63) is 18.9 Å². The van der Waals surface area contributed by atoms with Gasteiger partial charge in [-0.2, -0.15) is 0 Å². The summed E-state index contributed by atoms with van der Waals surface area (Å²) in [6.07, 6.45) is -3.71. The lowest BCUT2D eigenvalue weighted by Crippen LogP contribution is -2.49. The Hall–Kier alpha value is -1.69. The number of rotatable bonds is 7. The molecule has 0 aromatic carbocycles. The van der Waals surface area contributed by atoms with Crippen LogP contribution in [0.4, 0.5) is 0 Å². The predicted molar refractivity (Wildman–Crippen MR) is 72.5 cm³/mol. The second-order valence-corrected chi connectivity index (χ2v) is 4.73. The average Bonchev–Trinajstić information content (AvgIpc) is 2.97. The number of nitrogens with zero attached hydrogens (tertiary/aromatic N) is 4. The lowest BCUT2D eigenvalue weighted by Gasteiger charge is -2.30. The first-order valence-corrected chi connectivity index (χ1v) is 6.49. The first-order chi connectivity index (χ1) is 10.5. The third kappa shape index (κ3) is 3.06. The van der Waals surface area contributed by atoms with Gasteiger partial charge in [0.2, 0.25) is 0 Å². The van der Waals surface area contributed by atoms with Crippen LogP contribution in [-0.2, 0) is 4.74 Å². The van der Waals surface area contributed by atoms with Crippen molar-refractivity contribution in [3.63, 3.8) is 0 Å². The number of aliphatic hydroxyl groups excluding tert-OH is 5. The average molecular weight is 314 g/mol. The number of aromatic nitrogens is 4. The van der Waals surface area contributed by atoms with Crippen molar-refractivity contribution in [3.8, 4) is 0 Å². The van der Waals surface area contributed by atoms with Crippen LogP contribution in [0.5, 0.6) is 0 Å². The fourth-order valence-electron chi connectivity index (χ4n) is 2.09. The molecule has 0 spiro atoms. The highest BCUT2D eigenvalue weighted by molar-refractivity contribution is 5.68. The molecule has 10 heteroatoms. The number of ether oxygens (including phenoxy) is 1. The predicted octanol–water partition coefficient (Wildman–Crippen LogP) is -2.59. The van der Waals surface area contributed by atoms with Crippen LogP contribution in [0.1, 0.15) is 6.23 Å². The van der Waals surface area contributed by atoms with E-state index in [4.69, 9.17) is 9.84 Å². The lowest BCUT2D eigenvalue weighted by molar-refractivity contribution is -0.161. The molecule has 122 valence electrons. The van der Waals surface area contributed by atoms with Crippen LogP contribution in [-0.4, -0.2) is 83.2 Å². The van der Waals surface area contributed by atoms with Crippen LogP contribution >= 0.6 is 0 Å². The number of hydrogen-bond donors (Lipinski definition) is 5. The maximum Gasteiger partial charge on any atom is 0.165 e. The molecule has 0 unspecified atom stereocenters. The topological polar surface area (TPSA) is 154 Å². The smallest absolute Gasteiger partial charge is 0.165 e. The largest absolute Gasteiger partial charge is 0.394 e. The molecule has 0 amide bonds. The second kappa shape index (κ2) is 7.05. The lowest BCUT2D eigenvalue weighted by atomic mass is 10.0. The molecule has 2 rings (SSSR count). The molecule has 5 N–H and O–H groups in total. The van der Waals surface area contributed by atoms with Gasteiger partial charge in [0.05, 0.1) is 19.1 Å². The molecule has 2 heterocycles. The maximum atomic E-state index is 10.2. The summed E-state index contributed by atoms with van der Waals surface area (Å²) >= 11 is 0. The standard InChI is InChI=1S/C12H18N4O6/c1-22-12(10(21)9(20)8(19)7(18)3-17)16-5-15-6-2-13-4-14-11(6)16/h2,4-5,7-10,12,17-21H,3H2,1H3/t7-,8-,9-,10+,12+/m1/s1. The van der Waals surface area contributed by atoms with E-state index in [-0.39, 0.29) is 0 Å². The van der Waals surface area contributed by atoms with Crippen molar-refractivity contribution in [2.75, 3.05) is 13.7 Å². The zero-order valence-electron chi connectivity index (χ0n) is 11.8. The fraction of sp³-hybridized carbons (Fsp3) is 0.583. The van der Waals surface area contributed by atoms with E-state index in [0.29, 0.717) is 11.2 Å². The van der Waals surface area contributed by atoms with Crippen LogP contribution in [0, 0.1) is 0 Å². The Morgan fingerprint density at radius 1 is 1.14 bits per heavy atom. The van der Waals surface area contributed by atoms with Gasteiger partial charge in [0.25, 0.3) is 0 Å². The molecular formula is C12H18N4O6. The summed E-state index contributed by atoms with van der Waals surface area (Å²) in [6.45, 7) is -0.760. The van der Waals surface area contributed by atoms with Crippen molar-refractivity contribution in [2.24, 2.45) is 0 Å². The molecule has 5 atom stereocenters. The summed E-state index contributed by atoms with van der Waals surface area (Å²) in [5.41, 5.74) is 0.826. The molecule has 0 radical (unpaired) electrons. The molecule has 2 aromatic heterocycles. The van der Waals surface area contributed by atoms with Crippen molar-refractivity contribution in [1.29, 1.82) is 0 Å². The fourth-order valence-corrected chi connectivity index (χ4v) is 2.09. The van der Waals surface area contributed by atoms with E-state index in [9.17, 15) is 20.4 Å². The maximum absolute atomic E-state index is 10.2. The van der Waals surface area contributed by atoms with Crippen LogP contribution in [0.25, 0.3) is 11.2 Å². The normalized spacial score (nSPS) is 18.8. The number of aliphatic hydroxyl groups is 5. The van der Waals surface area contributed by atoms with Crippen LogP contribution in [0.15, 0.2) is 18.9 Å². The molecule has 0 aliphatic carbocycles. The third-order valence-electron chi connectivity index (χ3n) is 3.33. The quantitative estimate of drug-likeness (QED) is 0.370. The number of methoxy groups -OCH3 is 1. The zero-order chi connectivity index (χ0) is 16.3. The summed E-state index contributed by atoms with van der Waals surface area (Å²) in [7, 11) is 1.29. The molecule has 0 aliphatic heterocycles. The number of hydrogen-bond acceptors (Lipinski definition) is 9. The molecule has 0 saturated heterocycles.